The quantitative estimate of drug-likeness (QED) is 0.732. The predicted molar refractivity (Wildman–Crippen MR) is 51.3 cm³/mol. The Labute approximate surface area is 74.4 Å². The highest BCUT2D eigenvalue weighted by molar-refractivity contribution is 5.03. The summed E-state index contributed by atoms with van der Waals surface area (Å²) in [6, 6.07) is 0. The Balaban J connectivity index is 2.52. The van der Waals surface area contributed by atoms with Crippen LogP contribution in [0.3, 0.4) is 0 Å². The number of aromatic amines is 1. The van der Waals surface area contributed by atoms with E-state index in [9.17, 15) is 0 Å². The summed E-state index contributed by atoms with van der Waals surface area (Å²) in [5.41, 5.74) is 1.28. The second kappa shape index (κ2) is 4.29. The molecule has 0 aromatic carbocycles. The monoisotopic (exact) mass is 166 g/mol. The van der Waals surface area contributed by atoms with E-state index < -0.39 is 0 Å². The van der Waals surface area contributed by atoms with Crippen LogP contribution in [0.1, 0.15) is 51.0 Å². The van der Waals surface area contributed by atoms with Crippen LogP contribution < -0.4 is 0 Å². The standard InChI is InChI=1S/C10H18N2/c1-4-5-6-9-7-11-10(12-9)8(2)3/h7-8H,4-6H2,1-3H3,(H,11,12). The molecule has 0 bridgehead atoms. The molecule has 0 aliphatic heterocycles. The fourth-order valence-electron chi connectivity index (χ4n) is 1.16. The molecule has 2 nitrogen and oxygen atoms in total. The summed E-state index contributed by atoms with van der Waals surface area (Å²) in [6.07, 6.45) is 5.59. The normalized spacial score (nSPS) is 11.0. The number of nitrogens with one attached hydrogen (secondary N) is 1. The second-order valence-corrected chi connectivity index (χ2v) is 3.55. The van der Waals surface area contributed by atoms with Gasteiger partial charge in [-0.05, 0) is 12.8 Å². The minimum atomic E-state index is 0.514. The number of aromatic nitrogens is 2. The second-order valence-electron chi connectivity index (χ2n) is 3.55. The molecule has 1 heterocycles. The summed E-state index contributed by atoms with van der Waals surface area (Å²) in [5.74, 6) is 1.63. The molecule has 0 atom stereocenters. The topological polar surface area (TPSA) is 28.7 Å². The lowest BCUT2D eigenvalue weighted by Gasteiger charge is -1.98. The minimum Gasteiger partial charge on any atom is -0.346 e. The van der Waals surface area contributed by atoms with Gasteiger partial charge in [-0.3, -0.25) is 0 Å². The Hall–Kier alpha value is -0.790. The first-order valence-corrected chi connectivity index (χ1v) is 4.77. The van der Waals surface area contributed by atoms with Crippen LogP contribution in [0, 0.1) is 0 Å². The molecule has 0 saturated carbocycles. The van der Waals surface area contributed by atoms with E-state index in [-0.39, 0.29) is 0 Å². The molecule has 0 aliphatic carbocycles. The van der Waals surface area contributed by atoms with E-state index in [1.807, 2.05) is 6.20 Å². The number of aryl methyl sites for hydroxylation is 1. The largest absolute Gasteiger partial charge is 0.346 e. The molecule has 1 aromatic heterocycles. The Bertz CT molecular complexity index is 225. The van der Waals surface area contributed by atoms with Crippen molar-refractivity contribution in [3.05, 3.63) is 17.7 Å². The Morgan fingerprint density at radius 3 is 2.75 bits per heavy atom. The van der Waals surface area contributed by atoms with Crippen LogP contribution in [0.25, 0.3) is 0 Å². The van der Waals surface area contributed by atoms with Crippen molar-refractivity contribution in [2.75, 3.05) is 0 Å². The van der Waals surface area contributed by atoms with Gasteiger partial charge in [0.05, 0.1) is 0 Å². The zero-order chi connectivity index (χ0) is 8.97. The van der Waals surface area contributed by atoms with Gasteiger partial charge in [-0.1, -0.05) is 27.2 Å². The van der Waals surface area contributed by atoms with Crippen LogP contribution in [-0.4, -0.2) is 9.97 Å². The van der Waals surface area contributed by atoms with E-state index in [0.717, 1.165) is 12.2 Å². The van der Waals surface area contributed by atoms with Gasteiger partial charge in [0.15, 0.2) is 0 Å². The lowest BCUT2D eigenvalue weighted by molar-refractivity contribution is 0.760. The first-order chi connectivity index (χ1) is 5.74. The Morgan fingerprint density at radius 2 is 2.25 bits per heavy atom. The number of nitrogens with zero attached hydrogens (tertiary/aromatic N) is 1. The summed E-state index contributed by atoms with van der Waals surface area (Å²) in [5, 5.41) is 0. The average molecular weight is 166 g/mol. The molecule has 68 valence electrons. The van der Waals surface area contributed by atoms with Crippen molar-refractivity contribution < 1.29 is 0 Å². The van der Waals surface area contributed by atoms with Crippen LogP contribution in [-0.2, 0) is 6.42 Å². The van der Waals surface area contributed by atoms with Gasteiger partial charge in [-0.2, -0.15) is 0 Å². The SMILES string of the molecule is CCCCc1cnc(C(C)C)[nH]1. The third kappa shape index (κ3) is 2.36. The maximum absolute atomic E-state index is 4.31. The van der Waals surface area contributed by atoms with Gasteiger partial charge < -0.3 is 4.98 Å². The van der Waals surface area contributed by atoms with Crippen molar-refractivity contribution in [3.8, 4) is 0 Å². The fourth-order valence-corrected chi connectivity index (χ4v) is 1.16. The molecular weight excluding hydrogens is 148 g/mol. The first-order valence-electron chi connectivity index (χ1n) is 4.77. The highest BCUT2D eigenvalue weighted by atomic mass is 14.9. The van der Waals surface area contributed by atoms with Gasteiger partial charge in [0, 0.05) is 17.8 Å². The van der Waals surface area contributed by atoms with E-state index in [1.54, 1.807) is 0 Å². The third-order valence-corrected chi connectivity index (χ3v) is 1.99. The number of H-pyrrole nitrogens is 1. The summed E-state index contributed by atoms with van der Waals surface area (Å²) in [6.45, 7) is 6.52. The van der Waals surface area contributed by atoms with Gasteiger partial charge in [0.1, 0.15) is 5.82 Å². The molecule has 1 aromatic rings. The van der Waals surface area contributed by atoms with Gasteiger partial charge >= 0.3 is 0 Å². The van der Waals surface area contributed by atoms with Crippen LogP contribution in [0.4, 0.5) is 0 Å². The summed E-state index contributed by atoms with van der Waals surface area (Å²) >= 11 is 0. The molecule has 0 unspecified atom stereocenters. The number of rotatable bonds is 4. The van der Waals surface area contributed by atoms with Crippen LogP contribution in [0.5, 0.6) is 0 Å². The predicted octanol–water partition coefficient (Wildman–Crippen LogP) is 2.88. The van der Waals surface area contributed by atoms with E-state index in [0.29, 0.717) is 5.92 Å². The molecule has 0 saturated heterocycles. The molecule has 1 N–H and O–H groups in total. The Morgan fingerprint density at radius 1 is 1.50 bits per heavy atom. The molecule has 0 amide bonds. The van der Waals surface area contributed by atoms with Crippen molar-refractivity contribution in [3.63, 3.8) is 0 Å². The third-order valence-electron chi connectivity index (χ3n) is 1.99. The minimum absolute atomic E-state index is 0.514. The fraction of sp³-hybridized carbons (Fsp3) is 0.700. The highest BCUT2D eigenvalue weighted by Crippen LogP contribution is 2.10. The van der Waals surface area contributed by atoms with Gasteiger partial charge in [0.2, 0.25) is 0 Å². The molecular formula is C10H18N2. The highest BCUT2D eigenvalue weighted by Gasteiger charge is 2.03. The van der Waals surface area contributed by atoms with Crippen LogP contribution in [0.15, 0.2) is 6.20 Å². The number of unbranched alkanes of at least 4 members (excludes halogenated alkanes) is 1. The van der Waals surface area contributed by atoms with Crippen LogP contribution >= 0.6 is 0 Å². The summed E-state index contributed by atoms with van der Waals surface area (Å²) < 4.78 is 0. The van der Waals surface area contributed by atoms with E-state index in [2.05, 4.69) is 30.7 Å². The zero-order valence-corrected chi connectivity index (χ0v) is 8.22. The van der Waals surface area contributed by atoms with Crippen molar-refractivity contribution in [1.82, 2.24) is 9.97 Å². The Kier molecular flexibility index (Phi) is 3.32. The molecule has 1 rings (SSSR count). The zero-order valence-electron chi connectivity index (χ0n) is 8.22. The first kappa shape index (κ1) is 9.30. The maximum atomic E-state index is 4.31. The molecule has 0 radical (unpaired) electrons. The number of hydrogen-bond donors (Lipinski definition) is 1. The van der Waals surface area contributed by atoms with Gasteiger partial charge in [-0.15, -0.1) is 0 Å². The number of hydrogen-bond acceptors (Lipinski definition) is 1. The molecule has 12 heavy (non-hydrogen) atoms. The van der Waals surface area contributed by atoms with E-state index >= 15 is 0 Å². The lowest BCUT2D eigenvalue weighted by Crippen LogP contribution is -1.90. The molecule has 2 heteroatoms. The van der Waals surface area contributed by atoms with Gasteiger partial charge in [0.25, 0.3) is 0 Å². The molecule has 0 spiro atoms. The van der Waals surface area contributed by atoms with Crippen LogP contribution in [0.2, 0.25) is 0 Å². The summed E-state index contributed by atoms with van der Waals surface area (Å²) in [7, 11) is 0. The van der Waals surface area contributed by atoms with Crippen molar-refractivity contribution in [2.24, 2.45) is 0 Å². The smallest absolute Gasteiger partial charge is 0.108 e. The summed E-state index contributed by atoms with van der Waals surface area (Å²) in [4.78, 5) is 7.65. The van der Waals surface area contributed by atoms with Crippen molar-refractivity contribution in [1.29, 1.82) is 0 Å². The molecule has 0 fully saturated rings. The van der Waals surface area contributed by atoms with Gasteiger partial charge in [-0.25, -0.2) is 4.98 Å². The van der Waals surface area contributed by atoms with Crippen molar-refractivity contribution >= 4 is 0 Å². The maximum Gasteiger partial charge on any atom is 0.108 e. The average Bonchev–Trinajstić information content (AvgIpc) is 2.48. The number of imidazole rings is 1. The van der Waals surface area contributed by atoms with E-state index in [4.69, 9.17) is 0 Å². The lowest BCUT2D eigenvalue weighted by atomic mass is 10.2. The van der Waals surface area contributed by atoms with Crippen molar-refractivity contribution in [2.45, 2.75) is 46.0 Å². The molecule has 0 aliphatic rings. The van der Waals surface area contributed by atoms with E-state index in [1.165, 1.54) is 18.5 Å².